The van der Waals surface area contributed by atoms with Gasteiger partial charge in [-0.25, -0.2) is 4.79 Å². The van der Waals surface area contributed by atoms with E-state index >= 15 is 0 Å². The Kier molecular flexibility index (Phi) is 6.78. The number of ether oxygens (including phenoxy) is 2. The summed E-state index contributed by atoms with van der Waals surface area (Å²) in [6.07, 6.45) is 2.72. The number of carbonyl (C=O) groups is 1. The zero-order valence-corrected chi connectivity index (χ0v) is 16.6. The monoisotopic (exact) mass is 394 g/mol. The molecular formula is C21H30O7. The van der Waals surface area contributed by atoms with Crippen LogP contribution in [0.5, 0.6) is 5.75 Å². The number of fused-ring (bicyclic) bond motifs is 2. The Morgan fingerprint density at radius 1 is 1.39 bits per heavy atom. The molecule has 2 aliphatic rings. The number of carbonyl (C=O) groups excluding carboxylic acids is 1. The third-order valence-corrected chi connectivity index (χ3v) is 6.04. The van der Waals surface area contributed by atoms with E-state index in [0.29, 0.717) is 18.3 Å². The molecule has 3 rings (SSSR count). The summed E-state index contributed by atoms with van der Waals surface area (Å²) >= 11 is 0. The van der Waals surface area contributed by atoms with Gasteiger partial charge in [0.05, 0.1) is 12.7 Å². The lowest BCUT2D eigenvalue weighted by Gasteiger charge is -2.43. The van der Waals surface area contributed by atoms with Gasteiger partial charge in [-0.1, -0.05) is 20.3 Å². The van der Waals surface area contributed by atoms with Gasteiger partial charge in [0.1, 0.15) is 29.6 Å². The Morgan fingerprint density at radius 2 is 2.18 bits per heavy atom. The first-order valence-electron chi connectivity index (χ1n) is 10.2. The van der Waals surface area contributed by atoms with Crippen LogP contribution in [0.2, 0.25) is 0 Å². The standard InChI is InChI=1S/C21H30O7/c1-3-4-7-26-18(23)10-14-9-17-19(21(25)27-14)20(24)15-6-5-13(12(2)11-22)8-16(15)28-17/h9,12-13,15-16,20,22,24H,3-8,10-11H2,1-2H3/t12?,13?,15-,16+,20+/m1/s1. The van der Waals surface area contributed by atoms with Gasteiger partial charge < -0.3 is 24.1 Å². The van der Waals surface area contributed by atoms with E-state index in [0.717, 1.165) is 32.1 Å². The van der Waals surface area contributed by atoms with Crippen LogP contribution < -0.4 is 10.4 Å². The number of aliphatic hydroxyl groups is 2. The molecule has 7 nitrogen and oxygen atoms in total. The van der Waals surface area contributed by atoms with Gasteiger partial charge in [0.25, 0.3) is 0 Å². The van der Waals surface area contributed by atoms with Crippen molar-refractivity contribution in [1.29, 1.82) is 0 Å². The molecule has 2 N–H and O–H groups in total. The maximum absolute atomic E-state index is 12.4. The van der Waals surface area contributed by atoms with Crippen molar-refractivity contribution >= 4 is 5.97 Å². The molecule has 0 spiro atoms. The molecule has 156 valence electrons. The van der Waals surface area contributed by atoms with Crippen LogP contribution in [0.1, 0.15) is 63.4 Å². The summed E-state index contributed by atoms with van der Waals surface area (Å²) in [5, 5.41) is 20.2. The Labute approximate surface area is 164 Å². The van der Waals surface area contributed by atoms with E-state index in [2.05, 4.69) is 0 Å². The van der Waals surface area contributed by atoms with E-state index in [9.17, 15) is 19.8 Å². The van der Waals surface area contributed by atoms with Crippen LogP contribution in [-0.4, -0.2) is 35.5 Å². The first-order chi connectivity index (χ1) is 13.4. The van der Waals surface area contributed by atoms with Gasteiger partial charge in [-0.2, -0.15) is 0 Å². The second kappa shape index (κ2) is 9.09. The molecule has 1 aromatic heterocycles. The molecule has 1 aliphatic carbocycles. The van der Waals surface area contributed by atoms with Crippen molar-refractivity contribution in [2.45, 2.75) is 64.6 Å². The smallest absolute Gasteiger partial charge is 0.345 e. The van der Waals surface area contributed by atoms with Crippen LogP contribution in [0, 0.1) is 17.8 Å². The number of hydrogen-bond acceptors (Lipinski definition) is 7. The number of aliphatic hydroxyl groups excluding tert-OH is 2. The predicted molar refractivity (Wildman–Crippen MR) is 101 cm³/mol. The number of unbranched alkanes of at least 4 members (excludes halogenated alkanes) is 1. The molecule has 5 atom stereocenters. The maximum Gasteiger partial charge on any atom is 0.345 e. The van der Waals surface area contributed by atoms with Crippen molar-refractivity contribution in [2.24, 2.45) is 17.8 Å². The van der Waals surface area contributed by atoms with Crippen LogP contribution in [-0.2, 0) is 16.0 Å². The highest BCUT2D eigenvalue weighted by Crippen LogP contribution is 2.46. The van der Waals surface area contributed by atoms with E-state index in [-0.39, 0.29) is 42.3 Å². The SMILES string of the molecule is CCCCOC(=O)Cc1cc2c(c(=O)o1)[C@@H](O)[C@@H]1CCC(C(C)CO)C[C@@H]1O2. The minimum absolute atomic E-state index is 0.120. The lowest BCUT2D eigenvalue weighted by atomic mass is 9.71. The number of esters is 1. The summed E-state index contributed by atoms with van der Waals surface area (Å²) in [5.41, 5.74) is -0.524. The van der Waals surface area contributed by atoms with Crippen molar-refractivity contribution in [3.63, 3.8) is 0 Å². The van der Waals surface area contributed by atoms with Gasteiger partial charge in [0.15, 0.2) is 0 Å². The Morgan fingerprint density at radius 3 is 2.89 bits per heavy atom. The fourth-order valence-electron chi connectivity index (χ4n) is 4.23. The summed E-state index contributed by atoms with van der Waals surface area (Å²) in [4.78, 5) is 24.4. The topological polar surface area (TPSA) is 106 Å². The largest absolute Gasteiger partial charge is 0.489 e. The molecule has 2 unspecified atom stereocenters. The summed E-state index contributed by atoms with van der Waals surface area (Å²) in [5.74, 6) is 0.318. The molecule has 0 aromatic carbocycles. The first-order valence-corrected chi connectivity index (χ1v) is 10.2. The summed E-state index contributed by atoms with van der Waals surface area (Å²) in [6, 6.07) is 1.52. The highest BCUT2D eigenvalue weighted by atomic mass is 16.5. The highest BCUT2D eigenvalue weighted by Gasteiger charge is 2.44. The fraction of sp³-hybridized carbons (Fsp3) is 0.714. The Hall–Kier alpha value is -1.86. The Balaban J connectivity index is 1.76. The van der Waals surface area contributed by atoms with E-state index in [1.54, 1.807) is 0 Å². The van der Waals surface area contributed by atoms with E-state index in [1.807, 2.05) is 13.8 Å². The normalized spacial score (nSPS) is 27.3. The molecule has 0 amide bonds. The van der Waals surface area contributed by atoms with Gasteiger partial charge >= 0.3 is 11.6 Å². The van der Waals surface area contributed by atoms with Crippen LogP contribution in [0.25, 0.3) is 0 Å². The molecule has 7 heteroatoms. The molecule has 28 heavy (non-hydrogen) atoms. The Bertz CT molecular complexity index is 741. The molecule has 2 heterocycles. The second-order valence-corrected chi connectivity index (χ2v) is 8.03. The minimum atomic E-state index is -0.944. The maximum atomic E-state index is 12.4. The van der Waals surface area contributed by atoms with Gasteiger partial charge in [-0.3, -0.25) is 4.79 Å². The van der Waals surface area contributed by atoms with Gasteiger partial charge in [0, 0.05) is 18.6 Å². The molecule has 0 radical (unpaired) electrons. The van der Waals surface area contributed by atoms with Gasteiger partial charge in [-0.15, -0.1) is 0 Å². The molecule has 1 fully saturated rings. The van der Waals surface area contributed by atoms with E-state index < -0.39 is 17.7 Å². The third kappa shape index (κ3) is 4.41. The van der Waals surface area contributed by atoms with Gasteiger partial charge in [0.2, 0.25) is 0 Å². The molecule has 1 aromatic rings. The van der Waals surface area contributed by atoms with Crippen molar-refractivity contribution in [3.8, 4) is 5.75 Å². The molecule has 1 saturated carbocycles. The summed E-state index contributed by atoms with van der Waals surface area (Å²) < 4.78 is 16.4. The van der Waals surface area contributed by atoms with Crippen molar-refractivity contribution < 1.29 is 28.9 Å². The minimum Gasteiger partial charge on any atom is -0.489 e. The number of hydrogen-bond donors (Lipinski definition) is 2. The van der Waals surface area contributed by atoms with E-state index in [4.69, 9.17) is 13.9 Å². The summed E-state index contributed by atoms with van der Waals surface area (Å²) in [7, 11) is 0. The van der Waals surface area contributed by atoms with Crippen LogP contribution >= 0.6 is 0 Å². The van der Waals surface area contributed by atoms with Crippen LogP contribution in [0.15, 0.2) is 15.3 Å². The lowest BCUT2D eigenvalue weighted by molar-refractivity contribution is -0.143. The van der Waals surface area contributed by atoms with Crippen LogP contribution in [0.3, 0.4) is 0 Å². The average molecular weight is 394 g/mol. The predicted octanol–water partition coefficient (Wildman–Crippen LogP) is 2.36. The second-order valence-electron chi connectivity index (χ2n) is 8.03. The van der Waals surface area contributed by atoms with Crippen molar-refractivity contribution in [3.05, 3.63) is 27.8 Å². The van der Waals surface area contributed by atoms with E-state index in [1.165, 1.54) is 6.07 Å². The van der Waals surface area contributed by atoms with Crippen molar-refractivity contribution in [1.82, 2.24) is 0 Å². The zero-order chi connectivity index (χ0) is 20.3. The first kappa shape index (κ1) is 20.9. The molecular weight excluding hydrogens is 364 g/mol. The highest BCUT2D eigenvalue weighted by molar-refractivity contribution is 5.71. The van der Waals surface area contributed by atoms with Crippen LogP contribution in [0.4, 0.5) is 0 Å². The molecule has 0 bridgehead atoms. The van der Waals surface area contributed by atoms with Gasteiger partial charge in [-0.05, 0) is 37.5 Å². The molecule has 0 saturated heterocycles. The fourth-order valence-corrected chi connectivity index (χ4v) is 4.23. The number of rotatable bonds is 7. The zero-order valence-electron chi connectivity index (χ0n) is 16.6. The average Bonchev–Trinajstić information content (AvgIpc) is 2.66. The lowest BCUT2D eigenvalue weighted by Crippen LogP contribution is -2.44. The molecule has 1 aliphatic heterocycles. The third-order valence-electron chi connectivity index (χ3n) is 6.04. The summed E-state index contributed by atoms with van der Waals surface area (Å²) in [6.45, 7) is 4.47. The van der Waals surface area contributed by atoms with Crippen molar-refractivity contribution in [2.75, 3.05) is 13.2 Å². The quantitative estimate of drug-likeness (QED) is 0.540.